The first-order valence-electron chi connectivity index (χ1n) is 10.8. The second kappa shape index (κ2) is 11.0. The maximum absolute atomic E-state index is 12.5. The standard InChI is InChI=1S/C29H22ClN3O/c30-25-15-11-23(12-16-25)21-32-29(34)24(20-31)19-22-13-17-28(18-14-22)33(26-7-3-1-4-8-26)27-9-5-2-6-10-27/h1-19H,21H2,(H,32,34). The van der Waals surface area contributed by atoms with Gasteiger partial charge in [-0.2, -0.15) is 5.26 Å². The number of nitriles is 1. The van der Waals surface area contributed by atoms with E-state index in [0.29, 0.717) is 11.6 Å². The van der Waals surface area contributed by atoms with Gasteiger partial charge in [-0.25, -0.2) is 0 Å². The lowest BCUT2D eigenvalue weighted by molar-refractivity contribution is -0.117. The van der Waals surface area contributed by atoms with Gasteiger partial charge in [-0.3, -0.25) is 4.79 Å². The second-order valence-corrected chi connectivity index (χ2v) is 8.01. The molecule has 1 amide bonds. The molecule has 166 valence electrons. The number of benzene rings is 4. The fourth-order valence-corrected chi connectivity index (χ4v) is 3.64. The summed E-state index contributed by atoms with van der Waals surface area (Å²) in [5, 5.41) is 12.9. The minimum atomic E-state index is -0.420. The van der Waals surface area contributed by atoms with Gasteiger partial charge >= 0.3 is 0 Å². The number of nitrogens with one attached hydrogen (secondary N) is 1. The maximum Gasteiger partial charge on any atom is 0.262 e. The smallest absolute Gasteiger partial charge is 0.262 e. The highest BCUT2D eigenvalue weighted by atomic mass is 35.5. The molecular formula is C29H22ClN3O. The fourth-order valence-electron chi connectivity index (χ4n) is 3.52. The summed E-state index contributed by atoms with van der Waals surface area (Å²) in [6, 6.07) is 37.2. The molecule has 1 N–H and O–H groups in total. The first-order valence-corrected chi connectivity index (χ1v) is 11.2. The van der Waals surface area contributed by atoms with Gasteiger partial charge < -0.3 is 10.2 Å². The molecule has 5 heteroatoms. The predicted octanol–water partition coefficient (Wildman–Crippen LogP) is 7.03. The van der Waals surface area contributed by atoms with E-state index in [1.165, 1.54) is 0 Å². The Labute approximate surface area is 204 Å². The second-order valence-electron chi connectivity index (χ2n) is 7.58. The summed E-state index contributed by atoms with van der Waals surface area (Å²) in [6.45, 7) is 0.317. The molecule has 0 aromatic heterocycles. The van der Waals surface area contributed by atoms with Gasteiger partial charge in [0.05, 0.1) is 0 Å². The molecule has 0 heterocycles. The van der Waals surface area contributed by atoms with Crippen LogP contribution in [0.4, 0.5) is 17.1 Å². The topological polar surface area (TPSA) is 56.1 Å². The summed E-state index contributed by atoms with van der Waals surface area (Å²) in [6.07, 6.45) is 1.59. The van der Waals surface area contributed by atoms with Crippen molar-refractivity contribution in [3.63, 3.8) is 0 Å². The average molecular weight is 464 g/mol. The van der Waals surface area contributed by atoms with Crippen LogP contribution in [-0.2, 0) is 11.3 Å². The molecule has 0 aliphatic carbocycles. The molecular weight excluding hydrogens is 442 g/mol. The third-order valence-electron chi connectivity index (χ3n) is 5.22. The molecule has 4 nitrogen and oxygen atoms in total. The van der Waals surface area contributed by atoms with Crippen molar-refractivity contribution in [2.75, 3.05) is 4.90 Å². The van der Waals surface area contributed by atoms with E-state index >= 15 is 0 Å². The molecule has 34 heavy (non-hydrogen) atoms. The molecule has 0 spiro atoms. The molecule has 4 aromatic rings. The lowest BCUT2D eigenvalue weighted by Crippen LogP contribution is -2.23. The normalized spacial score (nSPS) is 10.9. The van der Waals surface area contributed by atoms with Crippen LogP contribution >= 0.6 is 11.6 Å². The highest BCUT2D eigenvalue weighted by Crippen LogP contribution is 2.34. The highest BCUT2D eigenvalue weighted by Gasteiger charge is 2.12. The Morgan fingerprint density at radius 2 is 1.32 bits per heavy atom. The molecule has 0 aliphatic rings. The zero-order valence-corrected chi connectivity index (χ0v) is 19.1. The Morgan fingerprint density at radius 3 is 1.85 bits per heavy atom. The van der Waals surface area contributed by atoms with Gasteiger partial charge in [0.2, 0.25) is 0 Å². The van der Waals surface area contributed by atoms with Crippen LogP contribution in [0.2, 0.25) is 5.02 Å². The van der Waals surface area contributed by atoms with Crippen LogP contribution in [0.3, 0.4) is 0 Å². The maximum atomic E-state index is 12.5. The van der Waals surface area contributed by atoms with Gasteiger partial charge in [0.1, 0.15) is 11.6 Å². The largest absolute Gasteiger partial charge is 0.347 e. The number of carbonyl (C=O) groups is 1. The number of anilines is 3. The van der Waals surface area contributed by atoms with Gasteiger partial charge in [-0.15, -0.1) is 0 Å². The number of hydrogen-bond donors (Lipinski definition) is 1. The minimum Gasteiger partial charge on any atom is -0.347 e. The van der Waals surface area contributed by atoms with Gasteiger partial charge in [0.15, 0.2) is 0 Å². The van der Waals surface area contributed by atoms with E-state index in [4.69, 9.17) is 11.6 Å². The lowest BCUT2D eigenvalue weighted by atomic mass is 10.1. The number of rotatable bonds is 7. The Morgan fingerprint density at radius 1 is 0.794 bits per heavy atom. The van der Waals surface area contributed by atoms with Crippen molar-refractivity contribution in [2.24, 2.45) is 0 Å². The molecule has 4 aromatic carbocycles. The number of halogens is 1. The molecule has 0 fully saturated rings. The lowest BCUT2D eigenvalue weighted by Gasteiger charge is -2.25. The van der Waals surface area contributed by atoms with Crippen molar-refractivity contribution >= 4 is 40.6 Å². The van der Waals surface area contributed by atoms with E-state index in [9.17, 15) is 10.1 Å². The van der Waals surface area contributed by atoms with Crippen molar-refractivity contribution in [1.29, 1.82) is 5.26 Å². The van der Waals surface area contributed by atoms with Gasteiger partial charge in [0.25, 0.3) is 5.91 Å². The minimum absolute atomic E-state index is 0.0460. The van der Waals surface area contributed by atoms with Crippen LogP contribution in [0.5, 0.6) is 0 Å². The molecule has 0 bridgehead atoms. The Kier molecular flexibility index (Phi) is 7.39. The Hall–Kier alpha value is -4.33. The van der Waals surface area contributed by atoms with Crippen LogP contribution in [0.25, 0.3) is 6.08 Å². The van der Waals surface area contributed by atoms with Gasteiger partial charge in [-0.1, -0.05) is 72.3 Å². The first kappa shape index (κ1) is 22.8. The monoisotopic (exact) mass is 463 g/mol. The highest BCUT2D eigenvalue weighted by molar-refractivity contribution is 6.30. The van der Waals surface area contributed by atoms with Crippen LogP contribution in [0.1, 0.15) is 11.1 Å². The number of hydrogen-bond acceptors (Lipinski definition) is 3. The van der Waals surface area contributed by atoms with Crippen LogP contribution < -0.4 is 10.2 Å². The molecule has 0 atom stereocenters. The molecule has 0 radical (unpaired) electrons. The number of amides is 1. The predicted molar refractivity (Wildman–Crippen MR) is 138 cm³/mol. The van der Waals surface area contributed by atoms with E-state index in [0.717, 1.165) is 28.2 Å². The molecule has 0 aliphatic heterocycles. The van der Waals surface area contributed by atoms with E-state index in [1.807, 2.05) is 78.9 Å². The zero-order valence-electron chi connectivity index (χ0n) is 18.4. The summed E-state index contributed by atoms with van der Waals surface area (Å²) >= 11 is 5.90. The molecule has 4 rings (SSSR count). The van der Waals surface area contributed by atoms with E-state index in [2.05, 4.69) is 34.5 Å². The molecule has 0 saturated heterocycles. The van der Waals surface area contributed by atoms with Crippen molar-refractivity contribution in [1.82, 2.24) is 5.32 Å². The molecule has 0 unspecified atom stereocenters. The average Bonchev–Trinajstić information content (AvgIpc) is 2.89. The van der Waals surface area contributed by atoms with Crippen LogP contribution in [0, 0.1) is 11.3 Å². The number of nitrogens with zero attached hydrogens (tertiary/aromatic N) is 2. The SMILES string of the molecule is N#CC(=Cc1ccc(N(c2ccccc2)c2ccccc2)cc1)C(=O)NCc1ccc(Cl)cc1. The summed E-state index contributed by atoms with van der Waals surface area (Å²) in [4.78, 5) is 14.7. The van der Waals surface area contributed by atoms with Crippen LogP contribution in [0.15, 0.2) is 115 Å². The summed E-state index contributed by atoms with van der Waals surface area (Å²) in [7, 11) is 0. The van der Waals surface area contributed by atoms with Crippen LogP contribution in [-0.4, -0.2) is 5.91 Å². The quantitative estimate of drug-likeness (QED) is 0.236. The number of para-hydroxylation sites is 2. The Balaban J connectivity index is 1.53. The zero-order chi connectivity index (χ0) is 23.8. The van der Waals surface area contributed by atoms with Gasteiger partial charge in [0, 0.05) is 28.6 Å². The Bertz CT molecular complexity index is 1270. The van der Waals surface area contributed by atoms with E-state index < -0.39 is 5.91 Å². The van der Waals surface area contributed by atoms with Gasteiger partial charge in [-0.05, 0) is 65.7 Å². The van der Waals surface area contributed by atoms with Crippen molar-refractivity contribution < 1.29 is 4.79 Å². The summed E-state index contributed by atoms with van der Waals surface area (Å²) in [5.74, 6) is -0.420. The fraction of sp³-hybridized carbons (Fsp3) is 0.0345. The van der Waals surface area contributed by atoms with Crippen molar-refractivity contribution in [3.05, 3.63) is 131 Å². The third kappa shape index (κ3) is 5.72. The summed E-state index contributed by atoms with van der Waals surface area (Å²) in [5.41, 5.74) is 4.77. The van der Waals surface area contributed by atoms with E-state index in [1.54, 1.807) is 18.2 Å². The van der Waals surface area contributed by atoms with Crippen molar-refractivity contribution in [3.8, 4) is 6.07 Å². The first-order chi connectivity index (χ1) is 16.6. The third-order valence-corrected chi connectivity index (χ3v) is 5.47. The number of carbonyl (C=O) groups excluding carboxylic acids is 1. The molecule has 0 saturated carbocycles. The van der Waals surface area contributed by atoms with Crippen molar-refractivity contribution in [2.45, 2.75) is 6.54 Å². The summed E-state index contributed by atoms with van der Waals surface area (Å²) < 4.78 is 0. The van der Waals surface area contributed by atoms with E-state index in [-0.39, 0.29) is 5.57 Å².